The molecular formula is C20H21N3O2. The molecule has 0 spiro atoms. The molecule has 1 aliphatic heterocycles. The molecule has 1 aromatic carbocycles. The standard InChI is InChI=1S/C20H21N3O2/c24-19(9-8-16-5-4-12-21-15-16)23-13-10-18(11-14-23)22-20(25)17-6-2-1-3-7-17/h1-9,12,15,18H,10-11,13-14H2,(H,22,25)/b9-8+. The monoisotopic (exact) mass is 335 g/mol. The molecular weight excluding hydrogens is 314 g/mol. The summed E-state index contributed by atoms with van der Waals surface area (Å²) in [7, 11) is 0. The maximum Gasteiger partial charge on any atom is 0.251 e. The number of aromatic nitrogens is 1. The minimum Gasteiger partial charge on any atom is -0.349 e. The van der Waals surface area contributed by atoms with Crippen LogP contribution in [0.4, 0.5) is 0 Å². The van der Waals surface area contributed by atoms with E-state index in [2.05, 4.69) is 10.3 Å². The Morgan fingerprint density at radius 3 is 2.52 bits per heavy atom. The van der Waals surface area contributed by atoms with Gasteiger partial charge in [0.2, 0.25) is 5.91 Å². The number of rotatable bonds is 4. The molecule has 0 saturated carbocycles. The van der Waals surface area contributed by atoms with Gasteiger partial charge in [0.05, 0.1) is 0 Å². The lowest BCUT2D eigenvalue weighted by Gasteiger charge is -2.31. The molecule has 0 unspecified atom stereocenters. The van der Waals surface area contributed by atoms with Crippen molar-refractivity contribution in [2.75, 3.05) is 13.1 Å². The summed E-state index contributed by atoms with van der Waals surface area (Å²) in [5.74, 6) is -0.0569. The van der Waals surface area contributed by atoms with Crippen LogP contribution in [0.3, 0.4) is 0 Å². The molecule has 2 heterocycles. The molecule has 1 aromatic heterocycles. The molecule has 5 nitrogen and oxygen atoms in total. The summed E-state index contributed by atoms with van der Waals surface area (Å²) in [5, 5.41) is 3.05. The van der Waals surface area contributed by atoms with Crippen molar-refractivity contribution in [3.05, 3.63) is 72.1 Å². The molecule has 2 amide bonds. The Morgan fingerprint density at radius 2 is 1.84 bits per heavy atom. The average Bonchev–Trinajstić information content (AvgIpc) is 2.68. The number of carbonyl (C=O) groups is 2. The third kappa shape index (κ3) is 4.76. The fourth-order valence-corrected chi connectivity index (χ4v) is 2.85. The number of likely N-dealkylation sites (tertiary alicyclic amines) is 1. The zero-order chi connectivity index (χ0) is 17.5. The Bertz CT molecular complexity index is 736. The summed E-state index contributed by atoms with van der Waals surface area (Å²) in [6, 6.07) is 13.1. The van der Waals surface area contributed by atoms with Gasteiger partial charge in [-0.2, -0.15) is 0 Å². The van der Waals surface area contributed by atoms with Crippen molar-refractivity contribution in [3.63, 3.8) is 0 Å². The predicted octanol–water partition coefficient (Wildman–Crippen LogP) is 2.52. The first-order chi connectivity index (χ1) is 12.2. The zero-order valence-electron chi connectivity index (χ0n) is 14.0. The number of amides is 2. The van der Waals surface area contributed by atoms with Crippen molar-refractivity contribution >= 4 is 17.9 Å². The van der Waals surface area contributed by atoms with Gasteiger partial charge in [-0.05, 0) is 42.7 Å². The molecule has 0 atom stereocenters. The summed E-state index contributed by atoms with van der Waals surface area (Å²) in [6.45, 7) is 1.30. The molecule has 25 heavy (non-hydrogen) atoms. The molecule has 0 bridgehead atoms. The van der Waals surface area contributed by atoms with Gasteiger partial charge >= 0.3 is 0 Å². The second-order valence-corrected chi connectivity index (χ2v) is 6.06. The minimum atomic E-state index is -0.0538. The van der Waals surface area contributed by atoms with Crippen molar-refractivity contribution in [2.45, 2.75) is 18.9 Å². The van der Waals surface area contributed by atoms with Gasteiger partial charge in [-0.3, -0.25) is 14.6 Å². The Kier molecular flexibility index (Phi) is 5.57. The topological polar surface area (TPSA) is 62.3 Å². The molecule has 1 aliphatic rings. The molecule has 2 aromatic rings. The lowest BCUT2D eigenvalue weighted by Crippen LogP contribution is -2.46. The van der Waals surface area contributed by atoms with E-state index in [0.29, 0.717) is 18.7 Å². The van der Waals surface area contributed by atoms with E-state index in [1.807, 2.05) is 35.2 Å². The Labute approximate surface area is 147 Å². The van der Waals surface area contributed by atoms with Gasteiger partial charge in [0, 0.05) is 43.2 Å². The van der Waals surface area contributed by atoms with E-state index in [4.69, 9.17) is 0 Å². The van der Waals surface area contributed by atoms with E-state index < -0.39 is 0 Å². The lowest BCUT2D eigenvalue weighted by atomic mass is 10.0. The van der Waals surface area contributed by atoms with E-state index >= 15 is 0 Å². The van der Waals surface area contributed by atoms with Gasteiger partial charge in [-0.15, -0.1) is 0 Å². The van der Waals surface area contributed by atoms with Crippen LogP contribution in [-0.2, 0) is 4.79 Å². The first kappa shape index (κ1) is 16.9. The van der Waals surface area contributed by atoms with Gasteiger partial charge in [0.15, 0.2) is 0 Å². The summed E-state index contributed by atoms with van der Waals surface area (Å²) in [6.07, 6.45) is 8.32. The normalized spacial score (nSPS) is 15.3. The maximum absolute atomic E-state index is 12.3. The largest absolute Gasteiger partial charge is 0.349 e. The van der Waals surface area contributed by atoms with Crippen molar-refractivity contribution in [1.29, 1.82) is 0 Å². The molecule has 5 heteroatoms. The van der Waals surface area contributed by atoms with E-state index in [1.165, 1.54) is 0 Å². The number of nitrogens with one attached hydrogen (secondary N) is 1. The minimum absolute atomic E-state index is 0.00307. The van der Waals surface area contributed by atoms with Crippen molar-refractivity contribution in [3.8, 4) is 0 Å². The number of nitrogens with zero attached hydrogens (tertiary/aromatic N) is 2. The fourth-order valence-electron chi connectivity index (χ4n) is 2.85. The Hall–Kier alpha value is -2.95. The molecule has 0 aliphatic carbocycles. The van der Waals surface area contributed by atoms with Crippen molar-refractivity contribution < 1.29 is 9.59 Å². The highest BCUT2D eigenvalue weighted by molar-refractivity contribution is 5.94. The summed E-state index contributed by atoms with van der Waals surface area (Å²) < 4.78 is 0. The van der Waals surface area contributed by atoms with E-state index in [1.54, 1.807) is 36.7 Å². The van der Waals surface area contributed by atoms with Crippen LogP contribution < -0.4 is 5.32 Å². The maximum atomic E-state index is 12.3. The van der Waals surface area contributed by atoms with Crippen molar-refractivity contribution in [1.82, 2.24) is 15.2 Å². The van der Waals surface area contributed by atoms with E-state index in [9.17, 15) is 9.59 Å². The molecule has 1 fully saturated rings. The molecule has 0 radical (unpaired) electrons. The second-order valence-electron chi connectivity index (χ2n) is 6.06. The van der Waals surface area contributed by atoms with Gasteiger partial charge in [0.25, 0.3) is 5.91 Å². The van der Waals surface area contributed by atoms with Crippen LogP contribution in [0.25, 0.3) is 6.08 Å². The molecule has 128 valence electrons. The van der Waals surface area contributed by atoms with Gasteiger partial charge in [-0.25, -0.2) is 0 Å². The van der Waals surface area contributed by atoms with Crippen LogP contribution in [-0.4, -0.2) is 40.8 Å². The number of hydrogen-bond acceptors (Lipinski definition) is 3. The van der Waals surface area contributed by atoms with Gasteiger partial charge in [-0.1, -0.05) is 24.3 Å². The number of pyridine rings is 1. The molecule has 3 rings (SSSR count). The summed E-state index contributed by atoms with van der Waals surface area (Å²) >= 11 is 0. The van der Waals surface area contributed by atoms with E-state index in [-0.39, 0.29) is 17.9 Å². The van der Waals surface area contributed by atoms with Crippen LogP contribution >= 0.6 is 0 Å². The first-order valence-corrected chi connectivity index (χ1v) is 8.45. The summed E-state index contributed by atoms with van der Waals surface area (Å²) in [5.41, 5.74) is 1.57. The average molecular weight is 335 g/mol. The zero-order valence-corrected chi connectivity index (χ0v) is 14.0. The van der Waals surface area contributed by atoms with Crippen LogP contribution in [0.1, 0.15) is 28.8 Å². The van der Waals surface area contributed by atoms with Crippen LogP contribution in [0.5, 0.6) is 0 Å². The van der Waals surface area contributed by atoms with Crippen LogP contribution in [0, 0.1) is 0 Å². The van der Waals surface area contributed by atoms with E-state index in [0.717, 1.165) is 18.4 Å². The highest BCUT2D eigenvalue weighted by Crippen LogP contribution is 2.12. The number of hydrogen-bond donors (Lipinski definition) is 1. The van der Waals surface area contributed by atoms with Crippen LogP contribution in [0.2, 0.25) is 0 Å². The summed E-state index contributed by atoms with van der Waals surface area (Å²) in [4.78, 5) is 30.3. The third-order valence-electron chi connectivity index (χ3n) is 4.28. The van der Waals surface area contributed by atoms with Gasteiger partial charge in [0.1, 0.15) is 0 Å². The Balaban J connectivity index is 1.47. The van der Waals surface area contributed by atoms with Crippen LogP contribution in [0.15, 0.2) is 60.9 Å². The SMILES string of the molecule is O=C(NC1CCN(C(=O)/C=C/c2cccnc2)CC1)c1ccccc1. The van der Waals surface area contributed by atoms with Gasteiger partial charge < -0.3 is 10.2 Å². The van der Waals surface area contributed by atoms with Crippen molar-refractivity contribution in [2.24, 2.45) is 0 Å². The highest BCUT2D eigenvalue weighted by atomic mass is 16.2. The fraction of sp³-hybridized carbons (Fsp3) is 0.250. The highest BCUT2D eigenvalue weighted by Gasteiger charge is 2.23. The third-order valence-corrected chi connectivity index (χ3v) is 4.28. The number of benzene rings is 1. The lowest BCUT2D eigenvalue weighted by molar-refractivity contribution is -0.126. The Morgan fingerprint density at radius 1 is 1.08 bits per heavy atom. The number of carbonyl (C=O) groups excluding carboxylic acids is 2. The quantitative estimate of drug-likeness (QED) is 0.873. The first-order valence-electron chi connectivity index (χ1n) is 8.45. The molecule has 1 N–H and O–H groups in total. The number of piperidine rings is 1. The molecule has 1 saturated heterocycles. The smallest absolute Gasteiger partial charge is 0.251 e. The predicted molar refractivity (Wildman–Crippen MR) is 96.8 cm³/mol. The second kappa shape index (κ2) is 8.24.